The third kappa shape index (κ3) is 4.81. The lowest BCUT2D eigenvalue weighted by Crippen LogP contribution is -2.59. The summed E-state index contributed by atoms with van der Waals surface area (Å²) in [6.07, 6.45) is 4.74. The van der Waals surface area contributed by atoms with Crippen molar-refractivity contribution in [2.24, 2.45) is 0 Å². The molecule has 0 unspecified atom stereocenters. The van der Waals surface area contributed by atoms with Gasteiger partial charge in [-0.2, -0.15) is 5.10 Å². The molecule has 0 radical (unpaired) electrons. The van der Waals surface area contributed by atoms with Crippen LogP contribution >= 0.6 is 11.3 Å². The fraction of sp³-hybridized carbons (Fsp3) is 0.143. The Kier molecular flexibility index (Phi) is 6.45. The van der Waals surface area contributed by atoms with Gasteiger partial charge in [0.05, 0.1) is 21.9 Å². The van der Waals surface area contributed by atoms with Crippen LogP contribution < -0.4 is 10.2 Å². The molecule has 8 nitrogen and oxygen atoms in total. The third-order valence-corrected chi connectivity index (χ3v) is 6.89. The van der Waals surface area contributed by atoms with Gasteiger partial charge in [0.15, 0.2) is 6.61 Å². The number of para-hydroxylation sites is 3. The second-order valence-corrected chi connectivity index (χ2v) is 9.84. The van der Waals surface area contributed by atoms with Crippen molar-refractivity contribution in [3.05, 3.63) is 89.9 Å². The molecule has 1 aliphatic heterocycles. The average molecular weight is 513 g/mol. The first-order valence-corrected chi connectivity index (χ1v) is 12.5. The molecule has 2 aromatic carbocycles. The summed E-state index contributed by atoms with van der Waals surface area (Å²) in [5.41, 5.74) is 2.30. The molecule has 4 aromatic rings. The minimum Gasteiger partial charge on any atom is -0.452 e. The Morgan fingerprint density at radius 2 is 1.81 bits per heavy atom. The maximum Gasteiger partial charge on any atom is 0.331 e. The highest BCUT2D eigenvalue weighted by molar-refractivity contribution is 7.13. The molecule has 0 fully saturated rings. The molecule has 0 saturated heterocycles. The lowest BCUT2D eigenvalue weighted by Gasteiger charge is -2.41. The van der Waals surface area contributed by atoms with Crippen LogP contribution in [0.4, 0.5) is 11.4 Å². The number of nitrogens with one attached hydrogen (secondary N) is 1. The van der Waals surface area contributed by atoms with Crippen molar-refractivity contribution in [1.29, 1.82) is 0 Å². The van der Waals surface area contributed by atoms with Crippen molar-refractivity contribution in [3.63, 3.8) is 0 Å². The summed E-state index contributed by atoms with van der Waals surface area (Å²) in [6.45, 7) is 2.79. The lowest BCUT2D eigenvalue weighted by atomic mass is 9.96. The van der Waals surface area contributed by atoms with Gasteiger partial charge in [0.1, 0.15) is 11.2 Å². The van der Waals surface area contributed by atoms with Gasteiger partial charge in [-0.25, -0.2) is 9.48 Å². The number of esters is 1. The van der Waals surface area contributed by atoms with E-state index in [4.69, 9.17) is 9.84 Å². The summed E-state index contributed by atoms with van der Waals surface area (Å²) in [7, 11) is 0. The Morgan fingerprint density at radius 1 is 1.05 bits per heavy atom. The molecule has 1 aliphatic rings. The molecule has 1 N–H and O–H groups in total. The van der Waals surface area contributed by atoms with Crippen LogP contribution in [-0.4, -0.2) is 39.7 Å². The van der Waals surface area contributed by atoms with Crippen LogP contribution in [0.25, 0.3) is 22.3 Å². The lowest BCUT2D eigenvalue weighted by molar-refractivity contribution is -0.143. The van der Waals surface area contributed by atoms with Gasteiger partial charge >= 0.3 is 5.97 Å². The van der Waals surface area contributed by atoms with Crippen LogP contribution in [0.3, 0.4) is 0 Å². The van der Waals surface area contributed by atoms with E-state index in [9.17, 15) is 14.4 Å². The highest BCUT2D eigenvalue weighted by Gasteiger charge is 2.43. The van der Waals surface area contributed by atoms with E-state index in [2.05, 4.69) is 5.32 Å². The number of carbonyl (C=O) groups excluding carboxylic acids is 3. The number of amides is 2. The first-order chi connectivity index (χ1) is 17.8. The van der Waals surface area contributed by atoms with Crippen LogP contribution in [0.5, 0.6) is 0 Å². The maximum absolute atomic E-state index is 13.1. The summed E-state index contributed by atoms with van der Waals surface area (Å²) >= 11 is 1.55. The van der Waals surface area contributed by atoms with Gasteiger partial charge in [0, 0.05) is 17.8 Å². The third-order valence-electron chi connectivity index (χ3n) is 6.01. The average Bonchev–Trinajstić information content (AvgIpc) is 3.57. The van der Waals surface area contributed by atoms with Gasteiger partial charge in [-0.3, -0.25) is 14.5 Å². The highest BCUT2D eigenvalue weighted by Crippen LogP contribution is 2.36. The molecule has 2 aromatic heterocycles. The maximum atomic E-state index is 13.1. The number of hydrogen-bond donors (Lipinski definition) is 1. The summed E-state index contributed by atoms with van der Waals surface area (Å²) < 4.78 is 7.03. The Hall–Kier alpha value is -4.50. The summed E-state index contributed by atoms with van der Waals surface area (Å²) in [4.78, 5) is 40.6. The number of ether oxygens (including phenoxy) is 1. The minimum absolute atomic E-state index is 0.317. The molecule has 0 bridgehead atoms. The van der Waals surface area contributed by atoms with Crippen molar-refractivity contribution in [2.45, 2.75) is 19.4 Å². The molecule has 186 valence electrons. The molecule has 0 saturated carbocycles. The van der Waals surface area contributed by atoms with E-state index < -0.39 is 24.0 Å². The normalized spacial score (nSPS) is 14.3. The van der Waals surface area contributed by atoms with Gasteiger partial charge in [-0.05, 0) is 55.6 Å². The van der Waals surface area contributed by atoms with E-state index in [0.717, 1.165) is 21.8 Å². The molecular weight excluding hydrogens is 488 g/mol. The molecular formula is C28H24N4O4S. The Balaban J connectivity index is 1.32. The zero-order valence-electron chi connectivity index (χ0n) is 20.3. The molecule has 0 spiro atoms. The highest BCUT2D eigenvalue weighted by atomic mass is 32.1. The molecule has 0 atom stereocenters. The first kappa shape index (κ1) is 24.2. The summed E-state index contributed by atoms with van der Waals surface area (Å²) in [6, 6.07) is 20.6. The monoisotopic (exact) mass is 512 g/mol. The van der Waals surface area contributed by atoms with E-state index in [1.807, 2.05) is 54.0 Å². The number of nitrogens with zero attached hydrogens (tertiary/aromatic N) is 3. The van der Waals surface area contributed by atoms with Crippen LogP contribution in [0.2, 0.25) is 0 Å². The number of hydrogen-bond acceptors (Lipinski definition) is 6. The minimum atomic E-state index is -1.14. The van der Waals surface area contributed by atoms with Gasteiger partial charge in [0.25, 0.3) is 5.91 Å². The number of aromatic nitrogens is 2. The predicted octanol–water partition coefficient (Wildman–Crippen LogP) is 4.92. The van der Waals surface area contributed by atoms with Crippen molar-refractivity contribution in [3.8, 4) is 16.3 Å². The Bertz CT molecular complexity index is 1490. The van der Waals surface area contributed by atoms with Crippen LogP contribution in [0, 0.1) is 0 Å². The number of rotatable bonds is 6. The number of benzene rings is 2. The number of thiophene rings is 1. The Morgan fingerprint density at radius 3 is 2.57 bits per heavy atom. The van der Waals surface area contributed by atoms with E-state index in [0.29, 0.717) is 11.4 Å². The molecule has 2 amide bonds. The van der Waals surface area contributed by atoms with Crippen molar-refractivity contribution >= 4 is 46.6 Å². The second-order valence-electron chi connectivity index (χ2n) is 8.89. The molecule has 37 heavy (non-hydrogen) atoms. The smallest absolute Gasteiger partial charge is 0.331 e. The van der Waals surface area contributed by atoms with Crippen molar-refractivity contribution in [1.82, 2.24) is 9.78 Å². The number of fused-ring (bicyclic) bond motifs is 1. The Labute approximate surface area is 217 Å². The van der Waals surface area contributed by atoms with Crippen molar-refractivity contribution in [2.75, 3.05) is 16.8 Å². The van der Waals surface area contributed by atoms with E-state index >= 15 is 0 Å². The number of anilines is 2. The van der Waals surface area contributed by atoms with Gasteiger partial charge < -0.3 is 10.1 Å². The fourth-order valence-corrected chi connectivity index (χ4v) is 4.86. The summed E-state index contributed by atoms with van der Waals surface area (Å²) in [5, 5.41) is 9.48. The zero-order chi connectivity index (χ0) is 26.0. The van der Waals surface area contributed by atoms with Crippen LogP contribution in [-0.2, 0) is 19.1 Å². The molecule has 9 heteroatoms. The SMILES string of the molecule is CC1(C)C(=O)Nc2ccccc2N1C(=O)COC(=O)/C=C/c1cn(-c2ccccc2)nc1-c1cccs1. The van der Waals surface area contributed by atoms with Crippen LogP contribution in [0.15, 0.2) is 84.4 Å². The first-order valence-electron chi connectivity index (χ1n) is 11.6. The van der Waals surface area contributed by atoms with Gasteiger partial charge in [-0.15, -0.1) is 11.3 Å². The van der Waals surface area contributed by atoms with E-state index in [1.54, 1.807) is 60.2 Å². The van der Waals surface area contributed by atoms with Gasteiger partial charge in [-0.1, -0.05) is 36.4 Å². The van der Waals surface area contributed by atoms with E-state index in [-0.39, 0.29) is 5.91 Å². The second kappa shape index (κ2) is 9.87. The predicted molar refractivity (Wildman–Crippen MR) is 144 cm³/mol. The quantitative estimate of drug-likeness (QED) is 0.292. The van der Waals surface area contributed by atoms with Crippen molar-refractivity contribution < 1.29 is 19.1 Å². The van der Waals surface area contributed by atoms with E-state index in [1.165, 1.54) is 11.0 Å². The zero-order valence-corrected chi connectivity index (χ0v) is 21.1. The molecule has 3 heterocycles. The van der Waals surface area contributed by atoms with Crippen LogP contribution in [0.1, 0.15) is 19.4 Å². The summed E-state index contributed by atoms with van der Waals surface area (Å²) in [5.74, 6) is -1.49. The fourth-order valence-electron chi connectivity index (χ4n) is 4.13. The largest absolute Gasteiger partial charge is 0.452 e. The topological polar surface area (TPSA) is 93.5 Å². The van der Waals surface area contributed by atoms with Gasteiger partial charge in [0.2, 0.25) is 5.91 Å². The molecule has 0 aliphatic carbocycles. The number of carbonyl (C=O) groups is 3. The standard InChI is InChI=1S/C28H24N4O4S/c1-28(2)27(35)29-21-11-6-7-12-22(21)32(28)24(33)18-36-25(34)15-14-19-17-31(20-9-4-3-5-10-20)30-26(19)23-13-8-16-37-23/h3-17H,18H2,1-2H3,(H,29,35)/b15-14+. The molecule has 5 rings (SSSR count).